The molecule has 6 heteroatoms. The molecule has 1 saturated carbocycles. The molecule has 1 aliphatic rings. The van der Waals surface area contributed by atoms with Crippen LogP contribution in [0.4, 0.5) is 13.6 Å². The van der Waals surface area contributed by atoms with Crippen molar-refractivity contribution in [3.05, 3.63) is 0 Å². The van der Waals surface area contributed by atoms with Crippen molar-refractivity contribution in [1.82, 2.24) is 10.6 Å². The van der Waals surface area contributed by atoms with Crippen LogP contribution < -0.4 is 10.6 Å². The van der Waals surface area contributed by atoms with Crippen LogP contribution in [0.5, 0.6) is 0 Å². The van der Waals surface area contributed by atoms with E-state index in [-0.39, 0.29) is 0 Å². The van der Waals surface area contributed by atoms with Gasteiger partial charge in [0.05, 0.1) is 13.1 Å². The molecule has 1 fully saturated rings. The highest BCUT2D eigenvalue weighted by Gasteiger charge is 2.30. The fraction of sp³-hybridized carbons (Fsp3) is 0.923. The van der Waals surface area contributed by atoms with E-state index in [2.05, 4.69) is 10.6 Å². The first-order valence-electron chi connectivity index (χ1n) is 6.73. The summed E-state index contributed by atoms with van der Waals surface area (Å²) in [5.74, 6) is -2.42. The Balaban J connectivity index is 2.15. The summed E-state index contributed by atoms with van der Waals surface area (Å²) >= 11 is 0. The zero-order chi connectivity index (χ0) is 14.5. The molecule has 19 heavy (non-hydrogen) atoms. The normalized spacial score (nSPS) is 16.9. The van der Waals surface area contributed by atoms with Crippen molar-refractivity contribution in [1.29, 1.82) is 0 Å². The molecule has 0 heterocycles. The third-order valence-electron chi connectivity index (χ3n) is 2.93. The summed E-state index contributed by atoms with van der Waals surface area (Å²) in [7, 11) is 0. The number of nitrogens with one attached hydrogen (secondary N) is 2. The van der Waals surface area contributed by atoms with Crippen molar-refractivity contribution in [3.8, 4) is 0 Å². The van der Waals surface area contributed by atoms with E-state index in [4.69, 9.17) is 4.74 Å². The number of amides is 1. The van der Waals surface area contributed by atoms with Gasteiger partial charge in [0.15, 0.2) is 0 Å². The van der Waals surface area contributed by atoms with Gasteiger partial charge in [-0.25, -0.2) is 13.6 Å². The number of hydrogen-bond acceptors (Lipinski definition) is 3. The second kappa shape index (κ2) is 6.50. The molecule has 0 bridgehead atoms. The van der Waals surface area contributed by atoms with E-state index in [9.17, 15) is 13.6 Å². The monoisotopic (exact) mass is 278 g/mol. The zero-order valence-electron chi connectivity index (χ0n) is 11.9. The van der Waals surface area contributed by atoms with Crippen LogP contribution in [0.15, 0.2) is 0 Å². The average Bonchev–Trinajstić information content (AvgIpc) is 2.17. The van der Waals surface area contributed by atoms with Crippen LogP contribution in [0.2, 0.25) is 0 Å². The van der Waals surface area contributed by atoms with Crippen LogP contribution in [-0.2, 0) is 4.74 Å². The van der Waals surface area contributed by atoms with Gasteiger partial charge in [0.1, 0.15) is 5.60 Å². The van der Waals surface area contributed by atoms with Crippen molar-refractivity contribution in [2.75, 3.05) is 19.6 Å². The van der Waals surface area contributed by atoms with E-state index in [0.717, 1.165) is 12.8 Å². The van der Waals surface area contributed by atoms with Gasteiger partial charge in [-0.1, -0.05) is 6.42 Å². The lowest BCUT2D eigenvalue weighted by molar-refractivity contribution is -0.00465. The number of alkyl halides is 2. The van der Waals surface area contributed by atoms with Gasteiger partial charge in [0.25, 0.3) is 5.92 Å². The lowest BCUT2D eigenvalue weighted by atomic mass is 9.85. The number of alkyl carbamates (subject to hydrolysis) is 1. The van der Waals surface area contributed by atoms with Crippen molar-refractivity contribution in [2.45, 2.75) is 51.6 Å². The maximum atomic E-state index is 13.5. The lowest BCUT2D eigenvalue weighted by Crippen LogP contribution is -2.45. The molecule has 0 aromatic heterocycles. The minimum Gasteiger partial charge on any atom is -0.444 e. The van der Waals surface area contributed by atoms with Crippen molar-refractivity contribution >= 4 is 6.09 Å². The minimum atomic E-state index is -2.96. The summed E-state index contributed by atoms with van der Waals surface area (Å²) in [6.45, 7) is 4.56. The Morgan fingerprint density at radius 3 is 2.37 bits per heavy atom. The van der Waals surface area contributed by atoms with Gasteiger partial charge in [0, 0.05) is 0 Å². The van der Waals surface area contributed by atoms with Gasteiger partial charge in [-0.2, -0.15) is 0 Å². The molecular formula is C13H24F2N2O2. The summed E-state index contributed by atoms with van der Waals surface area (Å²) in [4.78, 5) is 11.3. The Hall–Kier alpha value is -0.910. The molecule has 0 atom stereocenters. The summed E-state index contributed by atoms with van der Waals surface area (Å²) < 4.78 is 31.8. The van der Waals surface area contributed by atoms with Gasteiger partial charge >= 0.3 is 6.09 Å². The van der Waals surface area contributed by atoms with Crippen LogP contribution in [0.1, 0.15) is 40.0 Å². The molecule has 1 aliphatic carbocycles. The van der Waals surface area contributed by atoms with Crippen LogP contribution in [0.3, 0.4) is 0 Å². The number of hydrogen-bond donors (Lipinski definition) is 2. The topological polar surface area (TPSA) is 50.4 Å². The average molecular weight is 278 g/mol. The molecule has 0 aliphatic heterocycles. The number of halogens is 2. The molecule has 1 rings (SSSR count). The summed E-state index contributed by atoms with van der Waals surface area (Å²) in [6, 6.07) is 0. The molecule has 4 nitrogen and oxygen atoms in total. The maximum Gasteiger partial charge on any atom is 0.407 e. The highest BCUT2D eigenvalue weighted by Crippen LogP contribution is 2.25. The Labute approximate surface area is 113 Å². The third kappa shape index (κ3) is 7.30. The Morgan fingerprint density at radius 1 is 1.26 bits per heavy atom. The number of carbonyl (C=O) groups excluding carboxylic acids is 1. The zero-order valence-corrected chi connectivity index (χ0v) is 11.9. The smallest absolute Gasteiger partial charge is 0.407 e. The second-order valence-corrected chi connectivity index (χ2v) is 6.14. The van der Waals surface area contributed by atoms with Crippen LogP contribution >= 0.6 is 0 Å². The minimum absolute atomic E-state index is 0.417. The molecule has 0 radical (unpaired) electrons. The first kappa shape index (κ1) is 16.1. The van der Waals surface area contributed by atoms with Crippen molar-refractivity contribution in [3.63, 3.8) is 0 Å². The van der Waals surface area contributed by atoms with Crippen LogP contribution in [0.25, 0.3) is 0 Å². The lowest BCUT2D eigenvalue weighted by Gasteiger charge is -2.27. The molecule has 0 saturated heterocycles. The largest absolute Gasteiger partial charge is 0.444 e. The molecule has 1 amide bonds. The van der Waals surface area contributed by atoms with E-state index >= 15 is 0 Å². The summed E-state index contributed by atoms with van der Waals surface area (Å²) in [5, 5.41) is 4.85. The quantitative estimate of drug-likeness (QED) is 0.785. The van der Waals surface area contributed by atoms with Gasteiger partial charge in [0.2, 0.25) is 0 Å². The van der Waals surface area contributed by atoms with Gasteiger partial charge in [-0.3, -0.25) is 0 Å². The Bertz CT molecular complexity index is 300. The highest BCUT2D eigenvalue weighted by molar-refractivity contribution is 5.67. The summed E-state index contributed by atoms with van der Waals surface area (Å²) in [6.07, 6.45) is 2.62. The molecule has 0 unspecified atom stereocenters. The van der Waals surface area contributed by atoms with Crippen molar-refractivity contribution < 1.29 is 18.3 Å². The number of rotatable bonds is 6. The molecule has 0 aromatic carbocycles. The number of carbonyl (C=O) groups is 1. The fourth-order valence-corrected chi connectivity index (χ4v) is 1.73. The van der Waals surface area contributed by atoms with E-state index in [1.54, 1.807) is 20.8 Å². The Kier molecular flexibility index (Phi) is 5.52. The molecule has 2 N–H and O–H groups in total. The first-order chi connectivity index (χ1) is 8.68. The Morgan fingerprint density at radius 2 is 1.89 bits per heavy atom. The van der Waals surface area contributed by atoms with Gasteiger partial charge in [-0.15, -0.1) is 0 Å². The molecular weight excluding hydrogens is 254 g/mol. The molecule has 0 aromatic rings. The van der Waals surface area contributed by atoms with E-state index < -0.39 is 30.7 Å². The van der Waals surface area contributed by atoms with Crippen LogP contribution in [0, 0.1) is 5.92 Å². The molecule has 112 valence electrons. The van der Waals surface area contributed by atoms with E-state index in [0.29, 0.717) is 12.5 Å². The van der Waals surface area contributed by atoms with E-state index in [1.165, 1.54) is 6.42 Å². The van der Waals surface area contributed by atoms with Gasteiger partial charge < -0.3 is 15.4 Å². The predicted molar refractivity (Wildman–Crippen MR) is 69.4 cm³/mol. The van der Waals surface area contributed by atoms with E-state index in [1.807, 2.05) is 0 Å². The first-order valence-corrected chi connectivity index (χ1v) is 6.73. The fourth-order valence-electron chi connectivity index (χ4n) is 1.73. The van der Waals surface area contributed by atoms with Crippen molar-refractivity contribution in [2.24, 2.45) is 5.92 Å². The standard InChI is InChI=1S/C13H24F2N2O2/c1-12(2,3)19-11(18)17-9-13(14,15)8-16-7-10-5-4-6-10/h10,16H,4-9H2,1-3H3,(H,17,18). The maximum absolute atomic E-state index is 13.5. The SMILES string of the molecule is CC(C)(C)OC(=O)NCC(F)(F)CNCC1CCC1. The number of ether oxygens (including phenoxy) is 1. The van der Waals surface area contributed by atoms with Crippen LogP contribution in [-0.4, -0.2) is 37.3 Å². The second-order valence-electron chi connectivity index (χ2n) is 6.14. The predicted octanol–water partition coefficient (Wildman–Crippen LogP) is 2.54. The summed E-state index contributed by atoms with van der Waals surface area (Å²) in [5.41, 5.74) is -0.679. The third-order valence-corrected chi connectivity index (χ3v) is 2.93. The highest BCUT2D eigenvalue weighted by atomic mass is 19.3. The van der Waals surface area contributed by atoms with Gasteiger partial charge in [-0.05, 0) is 46.1 Å². The molecule has 0 spiro atoms.